The molecule has 1 amide bonds. The van der Waals surface area contributed by atoms with Crippen LogP contribution in [0, 0.1) is 12.8 Å². The van der Waals surface area contributed by atoms with E-state index in [1.54, 1.807) is 6.92 Å². The summed E-state index contributed by atoms with van der Waals surface area (Å²) in [5, 5.41) is 4.15. The molecule has 0 saturated carbocycles. The highest BCUT2D eigenvalue weighted by atomic mass is 16.5. The van der Waals surface area contributed by atoms with Gasteiger partial charge in [0.25, 0.3) is 5.91 Å². The van der Waals surface area contributed by atoms with Crippen LogP contribution >= 0.6 is 0 Å². The molecule has 27 heavy (non-hydrogen) atoms. The first-order valence-corrected chi connectivity index (χ1v) is 9.25. The van der Waals surface area contributed by atoms with E-state index in [0.29, 0.717) is 36.7 Å². The molecule has 0 aliphatic carbocycles. The molecule has 5 heteroatoms. The van der Waals surface area contributed by atoms with E-state index in [1.807, 2.05) is 53.4 Å². The van der Waals surface area contributed by atoms with Gasteiger partial charge in [-0.25, -0.2) is 0 Å². The van der Waals surface area contributed by atoms with E-state index in [0.717, 1.165) is 5.56 Å². The molecule has 1 aliphatic rings. The summed E-state index contributed by atoms with van der Waals surface area (Å²) in [4.78, 5) is 15.2. The first-order valence-electron chi connectivity index (χ1n) is 9.25. The minimum absolute atomic E-state index is 0.0375. The van der Waals surface area contributed by atoms with Crippen molar-refractivity contribution in [3.8, 4) is 11.3 Å². The zero-order valence-corrected chi connectivity index (χ0v) is 15.3. The Morgan fingerprint density at radius 3 is 2.44 bits per heavy atom. The van der Waals surface area contributed by atoms with Crippen LogP contribution in [0.15, 0.2) is 65.2 Å². The lowest BCUT2D eigenvalue weighted by Gasteiger charge is -2.17. The predicted molar refractivity (Wildman–Crippen MR) is 104 cm³/mol. The minimum Gasteiger partial charge on any atom is -0.360 e. The summed E-state index contributed by atoms with van der Waals surface area (Å²) in [6, 6.07) is 20.0. The number of carbonyl (C=O) groups excluding carboxylic acids is 1. The summed E-state index contributed by atoms with van der Waals surface area (Å²) in [6.45, 7) is 3.65. The molecule has 0 unspecified atom stereocenters. The second kappa shape index (κ2) is 7.37. The summed E-state index contributed by atoms with van der Waals surface area (Å²) in [6.07, 6.45) is 0. The topological polar surface area (TPSA) is 72.4 Å². The van der Waals surface area contributed by atoms with Crippen molar-refractivity contribution in [2.24, 2.45) is 11.7 Å². The summed E-state index contributed by atoms with van der Waals surface area (Å²) in [5.74, 6) is 1.01. The Morgan fingerprint density at radius 2 is 1.78 bits per heavy atom. The van der Waals surface area contributed by atoms with Gasteiger partial charge in [0, 0.05) is 24.6 Å². The molecule has 2 N–H and O–H groups in total. The van der Waals surface area contributed by atoms with Crippen LogP contribution in [0.3, 0.4) is 0 Å². The maximum absolute atomic E-state index is 13.3. The van der Waals surface area contributed by atoms with Crippen molar-refractivity contribution in [1.29, 1.82) is 0 Å². The van der Waals surface area contributed by atoms with E-state index in [9.17, 15) is 4.79 Å². The molecule has 5 nitrogen and oxygen atoms in total. The Morgan fingerprint density at radius 1 is 1.11 bits per heavy atom. The van der Waals surface area contributed by atoms with Gasteiger partial charge in [-0.1, -0.05) is 65.8 Å². The SMILES string of the molecule is Cc1onc(-c2ccccc2)c1C(=O)N1C[C@@H](CN)[C@H](c2ccccc2)C1. The predicted octanol–water partition coefficient (Wildman–Crippen LogP) is 3.46. The number of benzene rings is 2. The van der Waals surface area contributed by atoms with E-state index < -0.39 is 0 Å². The van der Waals surface area contributed by atoms with Gasteiger partial charge >= 0.3 is 0 Å². The highest BCUT2D eigenvalue weighted by Crippen LogP contribution is 2.34. The Labute approximate surface area is 158 Å². The molecule has 2 atom stereocenters. The zero-order chi connectivity index (χ0) is 18.8. The number of aryl methyl sites for hydroxylation is 1. The molecule has 4 rings (SSSR count). The van der Waals surface area contributed by atoms with Crippen LogP contribution in [0.2, 0.25) is 0 Å². The van der Waals surface area contributed by atoms with Gasteiger partial charge in [-0.2, -0.15) is 0 Å². The third-order valence-electron chi connectivity index (χ3n) is 5.38. The molecule has 1 saturated heterocycles. The minimum atomic E-state index is -0.0375. The van der Waals surface area contributed by atoms with Gasteiger partial charge in [0.05, 0.1) is 0 Å². The Kier molecular flexibility index (Phi) is 4.77. The van der Waals surface area contributed by atoms with Gasteiger partial charge in [0.15, 0.2) is 0 Å². The normalized spacial score (nSPS) is 19.4. The number of hydrogen-bond acceptors (Lipinski definition) is 4. The van der Waals surface area contributed by atoms with Crippen molar-refractivity contribution in [2.45, 2.75) is 12.8 Å². The number of nitrogens with two attached hydrogens (primary N) is 1. The molecular weight excluding hydrogens is 338 g/mol. The third-order valence-corrected chi connectivity index (χ3v) is 5.38. The van der Waals surface area contributed by atoms with Crippen molar-refractivity contribution in [2.75, 3.05) is 19.6 Å². The molecule has 138 valence electrons. The first kappa shape index (κ1) is 17.5. The zero-order valence-electron chi connectivity index (χ0n) is 15.3. The number of hydrogen-bond donors (Lipinski definition) is 1. The van der Waals surface area contributed by atoms with Crippen molar-refractivity contribution in [3.05, 3.63) is 77.6 Å². The average molecular weight is 361 g/mol. The lowest BCUT2D eigenvalue weighted by molar-refractivity contribution is 0.0785. The van der Waals surface area contributed by atoms with Crippen LogP contribution in [0.5, 0.6) is 0 Å². The quantitative estimate of drug-likeness (QED) is 0.772. The van der Waals surface area contributed by atoms with Crippen LogP contribution in [0.1, 0.15) is 27.6 Å². The summed E-state index contributed by atoms with van der Waals surface area (Å²) >= 11 is 0. The summed E-state index contributed by atoms with van der Waals surface area (Å²) < 4.78 is 5.37. The van der Waals surface area contributed by atoms with E-state index in [1.165, 1.54) is 5.56 Å². The number of nitrogens with zero attached hydrogens (tertiary/aromatic N) is 2. The number of aromatic nitrogens is 1. The van der Waals surface area contributed by atoms with E-state index in [4.69, 9.17) is 10.3 Å². The van der Waals surface area contributed by atoms with Gasteiger partial charge in [-0.05, 0) is 24.9 Å². The molecular formula is C22H23N3O2. The average Bonchev–Trinajstić information content (AvgIpc) is 3.32. The lowest BCUT2D eigenvalue weighted by Crippen LogP contribution is -2.30. The van der Waals surface area contributed by atoms with Crippen molar-refractivity contribution >= 4 is 5.91 Å². The van der Waals surface area contributed by atoms with Crippen molar-refractivity contribution in [3.63, 3.8) is 0 Å². The standard InChI is InChI=1S/C22H23N3O2/c1-15-20(21(24-27-15)17-10-6-3-7-11-17)22(26)25-13-18(12-23)19(14-25)16-8-4-2-5-9-16/h2-11,18-19H,12-14,23H2,1H3/t18-,19+/m1/s1. The van der Waals surface area contributed by atoms with E-state index in [2.05, 4.69) is 17.3 Å². The third kappa shape index (κ3) is 3.26. The Hall–Kier alpha value is -2.92. The maximum atomic E-state index is 13.3. The molecule has 1 fully saturated rings. The van der Waals surface area contributed by atoms with Gasteiger partial charge in [0.1, 0.15) is 17.0 Å². The second-order valence-electron chi connectivity index (χ2n) is 7.05. The smallest absolute Gasteiger partial charge is 0.259 e. The fraction of sp³-hybridized carbons (Fsp3) is 0.273. The highest BCUT2D eigenvalue weighted by Gasteiger charge is 2.37. The van der Waals surface area contributed by atoms with Crippen LogP contribution in [-0.2, 0) is 0 Å². The Balaban J connectivity index is 1.64. The van der Waals surface area contributed by atoms with Crippen LogP contribution in [0.4, 0.5) is 0 Å². The monoisotopic (exact) mass is 361 g/mol. The van der Waals surface area contributed by atoms with Crippen LogP contribution in [0.25, 0.3) is 11.3 Å². The molecule has 0 spiro atoms. The lowest BCUT2D eigenvalue weighted by atomic mass is 9.89. The van der Waals surface area contributed by atoms with E-state index in [-0.39, 0.29) is 17.7 Å². The van der Waals surface area contributed by atoms with Crippen molar-refractivity contribution in [1.82, 2.24) is 10.1 Å². The molecule has 3 aromatic rings. The highest BCUT2D eigenvalue weighted by molar-refractivity contribution is 6.01. The Bertz CT molecular complexity index is 921. The molecule has 1 aliphatic heterocycles. The van der Waals surface area contributed by atoms with E-state index >= 15 is 0 Å². The first-order chi connectivity index (χ1) is 13.2. The molecule has 0 radical (unpaired) electrons. The van der Waals surface area contributed by atoms with Gasteiger partial charge < -0.3 is 15.2 Å². The molecule has 2 heterocycles. The fourth-order valence-corrected chi connectivity index (χ4v) is 3.93. The number of amides is 1. The number of carbonyl (C=O) groups is 1. The molecule has 0 bridgehead atoms. The van der Waals surface area contributed by atoms with Gasteiger partial charge in [-0.3, -0.25) is 4.79 Å². The fourth-order valence-electron chi connectivity index (χ4n) is 3.93. The maximum Gasteiger partial charge on any atom is 0.259 e. The second-order valence-corrected chi connectivity index (χ2v) is 7.05. The van der Waals surface area contributed by atoms with Gasteiger partial charge in [-0.15, -0.1) is 0 Å². The van der Waals surface area contributed by atoms with Crippen LogP contribution < -0.4 is 5.73 Å². The molecule has 2 aromatic carbocycles. The molecule has 1 aromatic heterocycles. The summed E-state index contributed by atoms with van der Waals surface area (Å²) in [7, 11) is 0. The van der Waals surface area contributed by atoms with Gasteiger partial charge in [0.2, 0.25) is 0 Å². The van der Waals surface area contributed by atoms with Crippen LogP contribution in [-0.4, -0.2) is 35.6 Å². The number of likely N-dealkylation sites (tertiary alicyclic amines) is 1. The summed E-state index contributed by atoms with van der Waals surface area (Å²) in [5.41, 5.74) is 9.29. The largest absolute Gasteiger partial charge is 0.360 e. The number of rotatable bonds is 4. The van der Waals surface area contributed by atoms with Crippen molar-refractivity contribution < 1.29 is 9.32 Å².